The lowest BCUT2D eigenvalue weighted by molar-refractivity contribution is 0.322. The van der Waals surface area contributed by atoms with Crippen molar-refractivity contribution in [2.75, 3.05) is 18.6 Å². The molecule has 0 bridgehead atoms. The highest BCUT2D eigenvalue weighted by Gasteiger charge is 2.34. The van der Waals surface area contributed by atoms with E-state index in [-0.39, 0.29) is 11.6 Å². The van der Waals surface area contributed by atoms with Gasteiger partial charge in [-0.1, -0.05) is 11.6 Å². The van der Waals surface area contributed by atoms with E-state index in [1.807, 2.05) is 18.2 Å². The lowest BCUT2D eigenvalue weighted by Crippen LogP contribution is -2.53. The summed E-state index contributed by atoms with van der Waals surface area (Å²) in [6.07, 6.45) is 1.97. The van der Waals surface area contributed by atoms with E-state index < -0.39 is 0 Å². The van der Waals surface area contributed by atoms with Crippen molar-refractivity contribution in [2.24, 2.45) is 5.73 Å². The lowest BCUT2D eigenvalue weighted by Gasteiger charge is -2.46. The van der Waals surface area contributed by atoms with Crippen molar-refractivity contribution in [1.29, 1.82) is 0 Å². The number of anilines is 1. The van der Waals surface area contributed by atoms with Gasteiger partial charge in [0.15, 0.2) is 0 Å². The van der Waals surface area contributed by atoms with Gasteiger partial charge in [-0.05, 0) is 44.9 Å². The summed E-state index contributed by atoms with van der Waals surface area (Å²) >= 11 is 6.11. The molecule has 0 aliphatic carbocycles. The molecule has 4 heteroatoms. The Morgan fingerprint density at radius 1 is 1.44 bits per heavy atom. The molecule has 1 aromatic rings. The number of halogens is 1. The molecule has 1 fully saturated rings. The minimum absolute atomic E-state index is 0.0234. The van der Waals surface area contributed by atoms with Crippen molar-refractivity contribution in [1.82, 2.24) is 0 Å². The highest BCUT2D eigenvalue weighted by Crippen LogP contribution is 2.38. The highest BCUT2D eigenvalue weighted by molar-refractivity contribution is 6.30. The number of ether oxygens (including phenoxy) is 1. The zero-order valence-electron chi connectivity index (χ0n) is 11.2. The maximum Gasteiger partial charge on any atom is 0.142 e. The smallest absolute Gasteiger partial charge is 0.142 e. The Hall–Kier alpha value is -0.930. The molecule has 0 aromatic heterocycles. The van der Waals surface area contributed by atoms with Gasteiger partial charge >= 0.3 is 0 Å². The van der Waals surface area contributed by atoms with Crippen LogP contribution in [0.25, 0.3) is 0 Å². The Kier molecular flexibility index (Phi) is 3.74. The van der Waals surface area contributed by atoms with Crippen molar-refractivity contribution < 1.29 is 4.74 Å². The van der Waals surface area contributed by atoms with Gasteiger partial charge in [-0.3, -0.25) is 0 Å². The van der Waals surface area contributed by atoms with Crippen LogP contribution >= 0.6 is 11.6 Å². The number of nitrogens with two attached hydrogens (primary N) is 1. The van der Waals surface area contributed by atoms with E-state index in [4.69, 9.17) is 22.1 Å². The molecule has 100 valence electrons. The molecule has 1 atom stereocenters. The topological polar surface area (TPSA) is 38.5 Å². The Labute approximate surface area is 114 Å². The second-order valence-electron chi connectivity index (χ2n) is 5.53. The third-order valence-corrected chi connectivity index (χ3v) is 3.88. The Balaban J connectivity index is 2.38. The standard InChI is InChI=1S/C14H21ClN2O/c1-14(2)9-11(16)6-7-17(14)12-8-10(15)4-5-13(12)18-3/h4-5,8,11H,6-7,9,16H2,1-3H3. The quantitative estimate of drug-likeness (QED) is 0.896. The maximum atomic E-state index is 6.11. The molecule has 1 unspecified atom stereocenters. The maximum absolute atomic E-state index is 6.11. The first-order valence-corrected chi connectivity index (χ1v) is 6.68. The van der Waals surface area contributed by atoms with Crippen molar-refractivity contribution in [2.45, 2.75) is 38.3 Å². The van der Waals surface area contributed by atoms with Crippen LogP contribution in [0.15, 0.2) is 18.2 Å². The molecule has 0 saturated carbocycles. The van der Waals surface area contributed by atoms with Crippen LogP contribution in [-0.2, 0) is 0 Å². The van der Waals surface area contributed by atoms with Gasteiger partial charge in [-0.25, -0.2) is 0 Å². The summed E-state index contributed by atoms with van der Waals surface area (Å²) in [7, 11) is 1.69. The molecule has 1 heterocycles. The largest absolute Gasteiger partial charge is 0.495 e. The summed E-state index contributed by atoms with van der Waals surface area (Å²) in [4.78, 5) is 2.35. The molecule has 3 nitrogen and oxygen atoms in total. The fourth-order valence-electron chi connectivity index (χ4n) is 2.77. The fraction of sp³-hybridized carbons (Fsp3) is 0.571. The minimum Gasteiger partial charge on any atom is -0.495 e. The van der Waals surface area contributed by atoms with Crippen LogP contribution in [0.1, 0.15) is 26.7 Å². The third kappa shape index (κ3) is 2.57. The van der Waals surface area contributed by atoms with Gasteiger partial charge in [0.05, 0.1) is 12.8 Å². The molecular weight excluding hydrogens is 248 g/mol. The number of benzene rings is 1. The predicted molar refractivity (Wildman–Crippen MR) is 76.6 cm³/mol. The van der Waals surface area contributed by atoms with Gasteiger partial charge in [0.1, 0.15) is 5.75 Å². The molecule has 18 heavy (non-hydrogen) atoms. The van der Waals surface area contributed by atoms with Crippen LogP contribution in [0.4, 0.5) is 5.69 Å². The van der Waals surface area contributed by atoms with Gasteiger partial charge in [-0.2, -0.15) is 0 Å². The molecule has 1 aliphatic rings. The number of nitrogens with zero attached hydrogens (tertiary/aromatic N) is 1. The second kappa shape index (κ2) is 4.98. The van der Waals surface area contributed by atoms with Gasteiger partial charge in [0, 0.05) is 23.1 Å². The first-order valence-electron chi connectivity index (χ1n) is 6.31. The molecule has 2 rings (SSSR count). The number of hydrogen-bond acceptors (Lipinski definition) is 3. The second-order valence-corrected chi connectivity index (χ2v) is 5.97. The first kappa shape index (κ1) is 13.5. The molecule has 0 radical (unpaired) electrons. The summed E-state index contributed by atoms with van der Waals surface area (Å²) in [5.41, 5.74) is 7.15. The molecule has 0 spiro atoms. The average Bonchev–Trinajstić information content (AvgIpc) is 2.27. The third-order valence-electron chi connectivity index (χ3n) is 3.65. The molecule has 1 saturated heterocycles. The summed E-state index contributed by atoms with van der Waals surface area (Å²) in [5, 5.41) is 0.733. The normalized spacial score (nSPS) is 22.9. The zero-order valence-corrected chi connectivity index (χ0v) is 12.0. The molecular formula is C14H21ClN2O. The van der Waals surface area contributed by atoms with Crippen LogP contribution < -0.4 is 15.4 Å². The van der Waals surface area contributed by atoms with E-state index in [0.717, 1.165) is 35.8 Å². The zero-order chi connectivity index (χ0) is 13.3. The average molecular weight is 269 g/mol. The van der Waals surface area contributed by atoms with Crippen molar-refractivity contribution in [3.8, 4) is 5.75 Å². The molecule has 1 aromatic carbocycles. The number of hydrogen-bond donors (Lipinski definition) is 1. The SMILES string of the molecule is COc1ccc(Cl)cc1N1CCC(N)CC1(C)C. The van der Waals surface area contributed by atoms with E-state index in [1.165, 1.54) is 0 Å². The Morgan fingerprint density at radius 2 is 2.17 bits per heavy atom. The highest BCUT2D eigenvalue weighted by atomic mass is 35.5. The van der Waals surface area contributed by atoms with Crippen LogP contribution in [0, 0.1) is 0 Å². The van der Waals surface area contributed by atoms with Crippen molar-refractivity contribution in [3.05, 3.63) is 23.2 Å². The van der Waals surface area contributed by atoms with E-state index in [2.05, 4.69) is 18.7 Å². The minimum atomic E-state index is 0.0234. The number of rotatable bonds is 2. The Bertz CT molecular complexity index is 434. The molecule has 0 amide bonds. The summed E-state index contributed by atoms with van der Waals surface area (Å²) in [6.45, 7) is 5.36. The lowest BCUT2D eigenvalue weighted by atomic mass is 9.87. The van der Waals surface area contributed by atoms with Gasteiger partial charge in [-0.15, -0.1) is 0 Å². The number of methoxy groups -OCH3 is 1. The Morgan fingerprint density at radius 3 is 2.78 bits per heavy atom. The van der Waals surface area contributed by atoms with Crippen LogP contribution in [0.2, 0.25) is 5.02 Å². The van der Waals surface area contributed by atoms with Gasteiger partial charge in [0.25, 0.3) is 0 Å². The molecule has 2 N–H and O–H groups in total. The first-order chi connectivity index (χ1) is 8.44. The van der Waals surface area contributed by atoms with Crippen LogP contribution in [0.3, 0.4) is 0 Å². The van der Waals surface area contributed by atoms with E-state index in [0.29, 0.717) is 0 Å². The van der Waals surface area contributed by atoms with E-state index in [1.54, 1.807) is 7.11 Å². The van der Waals surface area contributed by atoms with E-state index >= 15 is 0 Å². The predicted octanol–water partition coefficient (Wildman–Crippen LogP) is 3.05. The van der Waals surface area contributed by atoms with Crippen LogP contribution in [0.5, 0.6) is 5.75 Å². The summed E-state index contributed by atoms with van der Waals surface area (Å²) in [6, 6.07) is 6.02. The van der Waals surface area contributed by atoms with Crippen molar-refractivity contribution in [3.63, 3.8) is 0 Å². The summed E-state index contributed by atoms with van der Waals surface area (Å²) in [5.74, 6) is 0.864. The van der Waals surface area contributed by atoms with Crippen molar-refractivity contribution >= 4 is 17.3 Å². The van der Waals surface area contributed by atoms with E-state index in [9.17, 15) is 0 Å². The molecule has 1 aliphatic heterocycles. The fourth-order valence-corrected chi connectivity index (χ4v) is 2.94. The van der Waals surface area contributed by atoms with Gasteiger partial charge < -0.3 is 15.4 Å². The van der Waals surface area contributed by atoms with Gasteiger partial charge in [0.2, 0.25) is 0 Å². The monoisotopic (exact) mass is 268 g/mol. The van der Waals surface area contributed by atoms with Crippen LogP contribution in [-0.4, -0.2) is 25.2 Å². The number of piperidine rings is 1. The summed E-state index contributed by atoms with van der Waals surface area (Å²) < 4.78 is 5.44.